The number of carbonyl (C=O) groups excluding carboxylic acids is 1. The number of carbonyl (C=O) groups is 1. The highest BCUT2D eigenvalue weighted by molar-refractivity contribution is 7.11. The van der Waals surface area contributed by atoms with Crippen LogP contribution in [0.3, 0.4) is 0 Å². The van der Waals surface area contributed by atoms with Crippen molar-refractivity contribution in [2.75, 3.05) is 7.05 Å². The summed E-state index contributed by atoms with van der Waals surface area (Å²) >= 11 is 1.77. The fraction of sp³-hybridized carbons (Fsp3) is 0.583. The van der Waals surface area contributed by atoms with Gasteiger partial charge < -0.3 is 10.6 Å². The van der Waals surface area contributed by atoms with Gasteiger partial charge in [-0.05, 0) is 25.0 Å². The van der Waals surface area contributed by atoms with E-state index in [2.05, 4.69) is 29.7 Å². The Morgan fingerprint density at radius 2 is 2.12 bits per heavy atom. The van der Waals surface area contributed by atoms with E-state index in [1.165, 1.54) is 9.75 Å². The zero-order valence-corrected chi connectivity index (χ0v) is 11.1. The molecule has 1 unspecified atom stereocenters. The molecule has 0 aliphatic rings. The van der Waals surface area contributed by atoms with Gasteiger partial charge in [0.1, 0.15) is 0 Å². The lowest BCUT2D eigenvalue weighted by atomic mass is 10.0. The van der Waals surface area contributed by atoms with Gasteiger partial charge in [0.05, 0.1) is 6.04 Å². The van der Waals surface area contributed by atoms with Crippen LogP contribution < -0.4 is 10.6 Å². The van der Waals surface area contributed by atoms with Crippen molar-refractivity contribution in [2.45, 2.75) is 33.4 Å². The molecule has 0 aliphatic heterocycles. The molecule has 0 aliphatic carbocycles. The third-order valence-electron chi connectivity index (χ3n) is 2.49. The predicted molar refractivity (Wildman–Crippen MR) is 68.6 cm³/mol. The van der Waals surface area contributed by atoms with E-state index in [0.29, 0.717) is 5.92 Å². The molecular weight excluding hydrogens is 220 g/mol. The molecule has 0 bridgehead atoms. The van der Waals surface area contributed by atoms with Crippen LogP contribution in [0.25, 0.3) is 0 Å². The van der Waals surface area contributed by atoms with Crippen LogP contribution in [0.2, 0.25) is 0 Å². The molecule has 1 aromatic rings. The SMILES string of the molecule is CNC(=O)C(NCc1ccc(C)s1)C(C)C. The Hall–Kier alpha value is -0.870. The van der Waals surface area contributed by atoms with Crippen molar-refractivity contribution < 1.29 is 4.79 Å². The monoisotopic (exact) mass is 240 g/mol. The fourth-order valence-corrected chi connectivity index (χ4v) is 2.42. The van der Waals surface area contributed by atoms with Gasteiger partial charge in [-0.3, -0.25) is 4.79 Å². The van der Waals surface area contributed by atoms with Gasteiger partial charge in [0.15, 0.2) is 0 Å². The summed E-state index contributed by atoms with van der Waals surface area (Å²) in [5.74, 6) is 0.351. The second-order valence-electron chi connectivity index (χ2n) is 4.23. The number of hydrogen-bond acceptors (Lipinski definition) is 3. The lowest BCUT2D eigenvalue weighted by Crippen LogP contribution is -2.45. The first kappa shape index (κ1) is 13.2. The van der Waals surface area contributed by atoms with E-state index in [9.17, 15) is 4.79 Å². The van der Waals surface area contributed by atoms with Gasteiger partial charge in [0, 0.05) is 23.3 Å². The van der Waals surface area contributed by atoms with Crippen molar-refractivity contribution in [3.8, 4) is 0 Å². The molecule has 3 nitrogen and oxygen atoms in total. The average molecular weight is 240 g/mol. The third kappa shape index (κ3) is 3.61. The fourth-order valence-electron chi connectivity index (χ4n) is 1.58. The Labute approximate surface area is 101 Å². The summed E-state index contributed by atoms with van der Waals surface area (Å²) in [6.45, 7) is 6.95. The molecule has 90 valence electrons. The standard InChI is InChI=1S/C12H20N2OS/c1-8(2)11(12(15)13-4)14-7-10-6-5-9(3)16-10/h5-6,8,11,14H,7H2,1-4H3,(H,13,15). The molecule has 4 heteroatoms. The Balaban J connectivity index is 2.53. The van der Waals surface area contributed by atoms with Crippen molar-refractivity contribution in [1.29, 1.82) is 0 Å². The Morgan fingerprint density at radius 3 is 2.56 bits per heavy atom. The summed E-state index contributed by atoms with van der Waals surface area (Å²) in [5.41, 5.74) is 0. The molecule has 1 rings (SSSR count). The van der Waals surface area contributed by atoms with Crippen molar-refractivity contribution in [1.82, 2.24) is 10.6 Å². The van der Waals surface area contributed by atoms with E-state index in [1.807, 2.05) is 13.8 Å². The second-order valence-corrected chi connectivity index (χ2v) is 5.60. The van der Waals surface area contributed by atoms with Gasteiger partial charge in [0.2, 0.25) is 5.91 Å². The van der Waals surface area contributed by atoms with E-state index in [1.54, 1.807) is 18.4 Å². The lowest BCUT2D eigenvalue weighted by molar-refractivity contribution is -0.123. The van der Waals surface area contributed by atoms with Gasteiger partial charge in [-0.1, -0.05) is 13.8 Å². The number of hydrogen-bond donors (Lipinski definition) is 2. The number of thiophene rings is 1. The van der Waals surface area contributed by atoms with Crippen LogP contribution in [0.5, 0.6) is 0 Å². The van der Waals surface area contributed by atoms with E-state index in [4.69, 9.17) is 0 Å². The Bertz CT molecular complexity index is 347. The Morgan fingerprint density at radius 1 is 1.44 bits per heavy atom. The molecule has 1 heterocycles. The highest BCUT2D eigenvalue weighted by atomic mass is 32.1. The maximum Gasteiger partial charge on any atom is 0.237 e. The molecule has 0 spiro atoms. The molecular formula is C12H20N2OS. The summed E-state index contributed by atoms with van der Waals surface area (Å²) in [6.07, 6.45) is 0. The zero-order chi connectivity index (χ0) is 12.1. The quantitative estimate of drug-likeness (QED) is 0.825. The molecule has 0 radical (unpaired) electrons. The summed E-state index contributed by atoms with van der Waals surface area (Å²) in [7, 11) is 1.68. The predicted octanol–water partition coefficient (Wildman–Crippen LogP) is 1.92. The summed E-state index contributed by atoms with van der Waals surface area (Å²) in [5, 5.41) is 5.99. The highest BCUT2D eigenvalue weighted by Crippen LogP contribution is 2.15. The van der Waals surface area contributed by atoms with Crippen molar-refractivity contribution >= 4 is 17.2 Å². The Kier molecular flexibility index (Phi) is 4.96. The van der Waals surface area contributed by atoms with Crippen LogP contribution in [-0.2, 0) is 11.3 Å². The van der Waals surface area contributed by atoms with Gasteiger partial charge in [-0.25, -0.2) is 0 Å². The van der Waals surface area contributed by atoms with Gasteiger partial charge in [-0.15, -0.1) is 11.3 Å². The number of rotatable bonds is 5. The molecule has 1 atom stereocenters. The number of amides is 1. The first-order valence-corrected chi connectivity index (χ1v) is 6.36. The molecule has 0 saturated heterocycles. The largest absolute Gasteiger partial charge is 0.358 e. The maximum absolute atomic E-state index is 11.6. The van der Waals surface area contributed by atoms with Crippen LogP contribution in [-0.4, -0.2) is 19.0 Å². The van der Waals surface area contributed by atoms with Crippen LogP contribution in [0.15, 0.2) is 12.1 Å². The second kappa shape index (κ2) is 6.01. The summed E-state index contributed by atoms with van der Waals surface area (Å²) in [6, 6.07) is 4.09. The molecule has 1 aromatic heterocycles. The smallest absolute Gasteiger partial charge is 0.237 e. The number of likely N-dealkylation sites (N-methyl/N-ethyl adjacent to an activating group) is 1. The van der Waals surface area contributed by atoms with E-state index in [-0.39, 0.29) is 11.9 Å². The first-order valence-electron chi connectivity index (χ1n) is 5.55. The third-order valence-corrected chi connectivity index (χ3v) is 3.49. The minimum absolute atomic E-state index is 0.0586. The van der Waals surface area contributed by atoms with Gasteiger partial charge >= 0.3 is 0 Å². The summed E-state index contributed by atoms with van der Waals surface area (Å²) in [4.78, 5) is 14.2. The van der Waals surface area contributed by atoms with Crippen LogP contribution in [0, 0.1) is 12.8 Å². The van der Waals surface area contributed by atoms with E-state index < -0.39 is 0 Å². The molecule has 0 aromatic carbocycles. The zero-order valence-electron chi connectivity index (χ0n) is 10.3. The van der Waals surface area contributed by atoms with Gasteiger partial charge in [-0.2, -0.15) is 0 Å². The van der Waals surface area contributed by atoms with E-state index >= 15 is 0 Å². The van der Waals surface area contributed by atoms with Crippen molar-refractivity contribution in [2.24, 2.45) is 5.92 Å². The minimum atomic E-state index is -0.118. The number of nitrogens with one attached hydrogen (secondary N) is 2. The lowest BCUT2D eigenvalue weighted by Gasteiger charge is -2.20. The topological polar surface area (TPSA) is 41.1 Å². The van der Waals surface area contributed by atoms with Crippen LogP contribution >= 0.6 is 11.3 Å². The van der Waals surface area contributed by atoms with E-state index in [0.717, 1.165) is 6.54 Å². The maximum atomic E-state index is 11.6. The molecule has 0 saturated carbocycles. The average Bonchev–Trinajstić information content (AvgIpc) is 2.63. The van der Waals surface area contributed by atoms with Crippen molar-refractivity contribution in [3.05, 3.63) is 21.9 Å². The number of aryl methyl sites for hydroxylation is 1. The molecule has 16 heavy (non-hydrogen) atoms. The summed E-state index contributed by atoms with van der Waals surface area (Å²) < 4.78 is 0. The minimum Gasteiger partial charge on any atom is -0.358 e. The van der Waals surface area contributed by atoms with Gasteiger partial charge in [0.25, 0.3) is 0 Å². The normalized spacial score (nSPS) is 12.8. The van der Waals surface area contributed by atoms with Crippen LogP contribution in [0.1, 0.15) is 23.6 Å². The molecule has 1 amide bonds. The van der Waals surface area contributed by atoms with Crippen molar-refractivity contribution in [3.63, 3.8) is 0 Å². The molecule has 2 N–H and O–H groups in total. The van der Waals surface area contributed by atoms with Crippen LogP contribution in [0.4, 0.5) is 0 Å². The highest BCUT2D eigenvalue weighted by Gasteiger charge is 2.20. The first-order chi connectivity index (χ1) is 7.54. The molecule has 0 fully saturated rings.